The summed E-state index contributed by atoms with van der Waals surface area (Å²) in [6, 6.07) is 13.5. The van der Waals surface area contributed by atoms with Crippen LogP contribution < -0.4 is 9.47 Å². The third-order valence-corrected chi connectivity index (χ3v) is 6.53. The van der Waals surface area contributed by atoms with Gasteiger partial charge in [0, 0.05) is 23.2 Å². The molecule has 1 aliphatic rings. The van der Waals surface area contributed by atoms with Gasteiger partial charge in [0.05, 0.1) is 31.2 Å². The molecule has 1 aliphatic carbocycles. The second-order valence-corrected chi connectivity index (χ2v) is 8.63. The number of aryl methyl sites for hydroxylation is 1. The molecule has 0 aliphatic heterocycles. The van der Waals surface area contributed by atoms with E-state index in [1.54, 1.807) is 18.7 Å². The Morgan fingerprint density at radius 1 is 1.06 bits per heavy atom. The number of rotatable bonds is 5. The summed E-state index contributed by atoms with van der Waals surface area (Å²) in [6.07, 6.45) is 3.71. The number of carbonyl (C=O) groups excluding carboxylic acids is 1. The van der Waals surface area contributed by atoms with Crippen LogP contribution in [0.25, 0.3) is 16.8 Å². The predicted molar refractivity (Wildman–Crippen MR) is 128 cm³/mol. The Kier molecular flexibility index (Phi) is 5.54. The summed E-state index contributed by atoms with van der Waals surface area (Å²) in [6.45, 7) is 2.06. The first-order valence-electron chi connectivity index (χ1n) is 10.9. The largest absolute Gasteiger partial charge is 0.493 e. The minimum atomic E-state index is 0.0790. The van der Waals surface area contributed by atoms with Gasteiger partial charge >= 0.3 is 0 Å². The highest BCUT2D eigenvalue weighted by molar-refractivity contribution is 6.30. The molecule has 2 heterocycles. The maximum Gasteiger partial charge on any atom is 0.166 e. The molecule has 0 amide bonds. The minimum absolute atomic E-state index is 0.0790. The first kappa shape index (κ1) is 21.5. The van der Waals surface area contributed by atoms with Crippen molar-refractivity contribution < 1.29 is 14.3 Å². The molecule has 0 radical (unpaired) electrons. The Morgan fingerprint density at radius 3 is 2.52 bits per heavy atom. The van der Waals surface area contributed by atoms with Gasteiger partial charge < -0.3 is 9.47 Å². The van der Waals surface area contributed by atoms with Crippen LogP contribution in [0.5, 0.6) is 11.5 Å². The standard InChI is InChI=1S/C26H24ClN3O3/c1-4-20-25(16-7-10-23(32-2)24(13-16)33-3)26-28-21-11-17(15-5-8-18(27)9-6-15)12-22(31)19(21)14-30(26)29-20/h5-10,13-14,17H,4,11-12H2,1-3H3. The number of benzene rings is 2. The van der Waals surface area contributed by atoms with E-state index in [-0.39, 0.29) is 11.7 Å². The molecule has 4 aromatic rings. The summed E-state index contributed by atoms with van der Waals surface area (Å²) < 4.78 is 12.6. The molecule has 2 aromatic carbocycles. The van der Waals surface area contributed by atoms with Crippen LogP contribution in [0.4, 0.5) is 0 Å². The Bertz CT molecular complexity index is 1360. The van der Waals surface area contributed by atoms with Crippen LogP contribution in [0, 0.1) is 0 Å². The quantitative estimate of drug-likeness (QED) is 0.390. The maximum atomic E-state index is 13.0. The van der Waals surface area contributed by atoms with Gasteiger partial charge in [-0.25, -0.2) is 9.50 Å². The lowest BCUT2D eigenvalue weighted by molar-refractivity contribution is 0.0962. The Labute approximate surface area is 197 Å². The predicted octanol–water partition coefficient (Wildman–Crippen LogP) is 5.54. The monoisotopic (exact) mass is 461 g/mol. The maximum absolute atomic E-state index is 13.0. The second-order valence-electron chi connectivity index (χ2n) is 8.19. The number of aromatic nitrogens is 3. The van der Waals surface area contributed by atoms with Crippen molar-refractivity contribution in [2.24, 2.45) is 0 Å². The number of halogens is 1. The molecule has 0 N–H and O–H groups in total. The third kappa shape index (κ3) is 3.74. The van der Waals surface area contributed by atoms with E-state index in [9.17, 15) is 4.79 Å². The van der Waals surface area contributed by atoms with Crippen molar-refractivity contribution >= 4 is 23.0 Å². The Morgan fingerprint density at radius 2 is 1.82 bits per heavy atom. The number of Topliss-reactive ketones (excluding diaryl/α,β-unsaturated/α-hetero) is 1. The van der Waals surface area contributed by atoms with Gasteiger partial charge in [0.2, 0.25) is 0 Å². The number of hydrogen-bond acceptors (Lipinski definition) is 5. The van der Waals surface area contributed by atoms with Crippen LogP contribution >= 0.6 is 11.6 Å². The summed E-state index contributed by atoms with van der Waals surface area (Å²) in [5.41, 5.74) is 6.11. The van der Waals surface area contributed by atoms with E-state index in [0.717, 1.165) is 40.1 Å². The third-order valence-electron chi connectivity index (χ3n) is 6.28. The lowest BCUT2D eigenvalue weighted by Gasteiger charge is -2.23. The van der Waals surface area contributed by atoms with Crippen LogP contribution in [0.2, 0.25) is 5.02 Å². The fourth-order valence-corrected chi connectivity index (χ4v) is 4.71. The van der Waals surface area contributed by atoms with E-state index >= 15 is 0 Å². The van der Waals surface area contributed by atoms with Gasteiger partial charge in [-0.15, -0.1) is 0 Å². The summed E-state index contributed by atoms with van der Waals surface area (Å²) in [7, 11) is 3.24. The van der Waals surface area contributed by atoms with Gasteiger partial charge in [0.15, 0.2) is 22.9 Å². The van der Waals surface area contributed by atoms with Crippen molar-refractivity contribution in [2.45, 2.75) is 32.1 Å². The summed E-state index contributed by atoms with van der Waals surface area (Å²) >= 11 is 6.05. The molecular formula is C26H24ClN3O3. The van der Waals surface area contributed by atoms with Crippen LogP contribution in [-0.2, 0) is 12.8 Å². The minimum Gasteiger partial charge on any atom is -0.493 e. The number of fused-ring (bicyclic) bond motifs is 2. The highest BCUT2D eigenvalue weighted by Crippen LogP contribution is 2.37. The molecule has 168 valence electrons. The van der Waals surface area contributed by atoms with Crippen molar-refractivity contribution in [3.63, 3.8) is 0 Å². The van der Waals surface area contributed by atoms with Crippen molar-refractivity contribution in [2.75, 3.05) is 14.2 Å². The topological polar surface area (TPSA) is 65.7 Å². The number of carbonyl (C=O) groups is 1. The van der Waals surface area contributed by atoms with Crippen molar-refractivity contribution in [1.82, 2.24) is 14.6 Å². The zero-order chi connectivity index (χ0) is 23.1. The molecule has 0 spiro atoms. The average Bonchev–Trinajstić information content (AvgIpc) is 3.20. The zero-order valence-corrected chi connectivity index (χ0v) is 19.5. The first-order chi connectivity index (χ1) is 16.0. The van der Waals surface area contributed by atoms with Crippen LogP contribution in [0.1, 0.15) is 46.6 Å². The normalized spacial score (nSPS) is 15.5. The number of nitrogens with zero attached hydrogens (tertiary/aromatic N) is 3. The molecule has 0 saturated heterocycles. The summed E-state index contributed by atoms with van der Waals surface area (Å²) in [5.74, 6) is 1.48. The molecule has 6 nitrogen and oxygen atoms in total. The molecule has 1 unspecified atom stereocenters. The molecule has 33 heavy (non-hydrogen) atoms. The highest BCUT2D eigenvalue weighted by atomic mass is 35.5. The fraction of sp³-hybridized carbons (Fsp3) is 0.269. The van der Waals surface area contributed by atoms with Crippen molar-refractivity contribution in [1.29, 1.82) is 0 Å². The van der Waals surface area contributed by atoms with Gasteiger partial charge in [-0.05, 0) is 54.2 Å². The SMILES string of the molecule is CCc1nn2cc3c(nc2c1-c1ccc(OC)c(OC)c1)CC(c1ccc(Cl)cc1)CC3=O. The van der Waals surface area contributed by atoms with Gasteiger partial charge in [-0.2, -0.15) is 5.10 Å². The van der Waals surface area contributed by atoms with E-state index in [1.165, 1.54) is 0 Å². The number of hydrogen-bond donors (Lipinski definition) is 0. The van der Waals surface area contributed by atoms with E-state index in [0.29, 0.717) is 34.9 Å². The Balaban J connectivity index is 1.63. The van der Waals surface area contributed by atoms with E-state index in [4.69, 9.17) is 31.2 Å². The lowest BCUT2D eigenvalue weighted by atomic mass is 9.82. The zero-order valence-electron chi connectivity index (χ0n) is 18.8. The molecule has 7 heteroatoms. The van der Waals surface area contributed by atoms with Gasteiger partial charge in [-0.1, -0.05) is 36.7 Å². The van der Waals surface area contributed by atoms with Crippen LogP contribution in [0.3, 0.4) is 0 Å². The molecule has 2 aromatic heterocycles. The van der Waals surface area contributed by atoms with E-state index in [2.05, 4.69) is 6.92 Å². The molecule has 0 bridgehead atoms. The molecule has 0 saturated carbocycles. The number of ketones is 1. The number of methoxy groups -OCH3 is 2. The van der Waals surface area contributed by atoms with Crippen molar-refractivity contribution in [3.8, 4) is 22.6 Å². The fourth-order valence-electron chi connectivity index (χ4n) is 4.59. The average molecular weight is 462 g/mol. The Hall–Kier alpha value is -3.38. The summed E-state index contributed by atoms with van der Waals surface area (Å²) in [5, 5.41) is 5.44. The molecule has 5 rings (SSSR count). The second kappa shape index (κ2) is 8.52. The van der Waals surface area contributed by atoms with E-state index in [1.807, 2.05) is 48.7 Å². The molecule has 0 fully saturated rings. The van der Waals surface area contributed by atoms with Gasteiger partial charge in [0.1, 0.15) is 0 Å². The van der Waals surface area contributed by atoms with Crippen molar-refractivity contribution in [3.05, 3.63) is 76.2 Å². The van der Waals surface area contributed by atoms with Gasteiger partial charge in [-0.3, -0.25) is 4.79 Å². The van der Waals surface area contributed by atoms with Gasteiger partial charge in [0.25, 0.3) is 0 Å². The van der Waals surface area contributed by atoms with E-state index < -0.39 is 0 Å². The lowest BCUT2D eigenvalue weighted by Crippen LogP contribution is -2.21. The molecular weight excluding hydrogens is 438 g/mol. The smallest absolute Gasteiger partial charge is 0.166 e. The highest BCUT2D eigenvalue weighted by Gasteiger charge is 2.29. The molecule has 1 atom stereocenters. The summed E-state index contributed by atoms with van der Waals surface area (Å²) in [4.78, 5) is 18.0. The first-order valence-corrected chi connectivity index (χ1v) is 11.3. The number of ether oxygens (including phenoxy) is 2. The van der Waals surface area contributed by atoms with Crippen LogP contribution in [0.15, 0.2) is 48.7 Å². The van der Waals surface area contributed by atoms with Crippen LogP contribution in [-0.4, -0.2) is 34.6 Å².